The van der Waals surface area contributed by atoms with Gasteiger partial charge in [0.2, 0.25) is 10.0 Å². The van der Waals surface area contributed by atoms with Gasteiger partial charge in [-0.2, -0.15) is 4.31 Å². The van der Waals surface area contributed by atoms with E-state index in [1.165, 1.54) is 16.4 Å². The maximum absolute atomic E-state index is 12.9. The lowest BCUT2D eigenvalue weighted by molar-refractivity contribution is -0.275. The molecule has 2 aliphatic heterocycles. The summed E-state index contributed by atoms with van der Waals surface area (Å²) in [5.41, 5.74) is -0.120. The Morgan fingerprint density at radius 2 is 1.96 bits per heavy atom. The fourth-order valence-corrected chi connectivity index (χ4v) is 5.23. The Bertz CT molecular complexity index is 700. The molecule has 1 aromatic carbocycles. The number of nitrogens with zero attached hydrogens (tertiary/aromatic N) is 1. The van der Waals surface area contributed by atoms with E-state index in [0.29, 0.717) is 19.5 Å². The predicted molar refractivity (Wildman–Crippen MR) is 81.0 cm³/mol. The number of nitrogens with one attached hydrogen (secondary N) is 1. The summed E-state index contributed by atoms with van der Waals surface area (Å²) in [5.74, 6) is -0.686. The highest BCUT2D eigenvalue weighted by molar-refractivity contribution is 7.89. The van der Waals surface area contributed by atoms with Crippen LogP contribution in [0.5, 0.6) is 5.75 Å². The van der Waals surface area contributed by atoms with Crippen LogP contribution in [0.2, 0.25) is 0 Å². The third-order valence-corrected chi connectivity index (χ3v) is 6.54. The molecule has 2 heterocycles. The fraction of sp³-hybridized carbons (Fsp3) is 0.600. The van der Waals surface area contributed by atoms with Crippen molar-refractivity contribution in [2.45, 2.75) is 30.5 Å². The Labute approximate surface area is 138 Å². The van der Waals surface area contributed by atoms with Crippen molar-refractivity contribution in [2.75, 3.05) is 26.2 Å². The molecule has 0 amide bonds. The van der Waals surface area contributed by atoms with E-state index in [2.05, 4.69) is 10.1 Å². The van der Waals surface area contributed by atoms with E-state index in [-0.39, 0.29) is 5.41 Å². The molecule has 5 nitrogen and oxygen atoms in total. The summed E-state index contributed by atoms with van der Waals surface area (Å²) in [5, 5.41) is 3.24. The zero-order chi connectivity index (χ0) is 17.4. The van der Waals surface area contributed by atoms with Crippen LogP contribution >= 0.6 is 0 Å². The molecule has 1 atom stereocenters. The maximum Gasteiger partial charge on any atom is 0.573 e. The van der Waals surface area contributed by atoms with E-state index in [1.54, 1.807) is 0 Å². The number of para-hydroxylation sites is 1. The lowest BCUT2D eigenvalue weighted by Gasteiger charge is -2.39. The number of hydrogen-bond acceptors (Lipinski definition) is 4. The summed E-state index contributed by atoms with van der Waals surface area (Å²) < 4.78 is 68.6. The van der Waals surface area contributed by atoms with Crippen molar-refractivity contribution < 1.29 is 26.3 Å². The average Bonchev–Trinajstić information content (AvgIpc) is 2.94. The molecule has 2 fully saturated rings. The van der Waals surface area contributed by atoms with Crippen LogP contribution in [0.4, 0.5) is 13.2 Å². The van der Waals surface area contributed by atoms with Gasteiger partial charge in [0.15, 0.2) is 0 Å². The van der Waals surface area contributed by atoms with E-state index in [9.17, 15) is 21.6 Å². The minimum atomic E-state index is -4.94. The number of piperidine rings is 1. The van der Waals surface area contributed by atoms with Crippen LogP contribution in [0.25, 0.3) is 0 Å². The number of halogens is 3. The standard InChI is InChI=1S/C15H19F3N2O3S/c16-15(17,18)23-12-4-1-2-5-13(12)24(21,22)20-9-3-6-14(11-20)7-8-19-10-14/h1-2,4-5,19H,3,6-11H2. The minimum Gasteiger partial charge on any atom is -0.404 e. The summed E-state index contributed by atoms with van der Waals surface area (Å²) in [6.45, 7) is 2.20. The molecule has 134 valence electrons. The van der Waals surface area contributed by atoms with Gasteiger partial charge in [0.05, 0.1) is 0 Å². The first-order valence-corrected chi connectivity index (χ1v) is 9.22. The van der Waals surface area contributed by atoms with Gasteiger partial charge < -0.3 is 10.1 Å². The third-order valence-electron chi connectivity index (χ3n) is 4.65. The van der Waals surface area contributed by atoms with Crippen molar-refractivity contribution in [3.05, 3.63) is 24.3 Å². The molecule has 1 unspecified atom stereocenters. The summed E-state index contributed by atoms with van der Waals surface area (Å²) in [6.07, 6.45) is -2.44. The number of ether oxygens (including phenoxy) is 1. The largest absolute Gasteiger partial charge is 0.573 e. The fourth-order valence-electron chi connectivity index (χ4n) is 3.52. The molecule has 0 bridgehead atoms. The summed E-state index contributed by atoms with van der Waals surface area (Å²) in [7, 11) is -4.05. The first-order valence-electron chi connectivity index (χ1n) is 7.78. The molecule has 0 aliphatic carbocycles. The first kappa shape index (κ1) is 17.5. The maximum atomic E-state index is 12.9. The Morgan fingerprint density at radius 1 is 1.21 bits per heavy atom. The SMILES string of the molecule is O=S(=O)(c1ccccc1OC(F)(F)F)N1CCCC2(CCNC2)C1. The highest BCUT2D eigenvalue weighted by Gasteiger charge is 2.43. The van der Waals surface area contributed by atoms with Crippen molar-refractivity contribution in [1.29, 1.82) is 0 Å². The van der Waals surface area contributed by atoms with Gasteiger partial charge in [0.25, 0.3) is 0 Å². The van der Waals surface area contributed by atoms with Gasteiger partial charge >= 0.3 is 6.36 Å². The molecule has 0 aromatic heterocycles. The molecular formula is C15H19F3N2O3S. The molecule has 0 radical (unpaired) electrons. The van der Waals surface area contributed by atoms with Gasteiger partial charge in [-0.25, -0.2) is 8.42 Å². The van der Waals surface area contributed by atoms with Crippen molar-refractivity contribution in [3.8, 4) is 5.75 Å². The van der Waals surface area contributed by atoms with E-state index in [1.807, 2.05) is 0 Å². The monoisotopic (exact) mass is 364 g/mol. The van der Waals surface area contributed by atoms with Gasteiger partial charge in [0.1, 0.15) is 10.6 Å². The zero-order valence-electron chi connectivity index (χ0n) is 13.0. The molecule has 2 saturated heterocycles. The lowest BCUT2D eigenvalue weighted by atomic mass is 9.80. The van der Waals surface area contributed by atoms with Crippen LogP contribution in [0, 0.1) is 5.41 Å². The second-order valence-electron chi connectivity index (χ2n) is 6.36. The molecule has 1 spiro atoms. The Hall–Kier alpha value is -1.32. The first-order chi connectivity index (χ1) is 11.2. The van der Waals surface area contributed by atoms with Crippen LogP contribution < -0.4 is 10.1 Å². The van der Waals surface area contributed by atoms with Gasteiger partial charge in [-0.15, -0.1) is 13.2 Å². The molecule has 2 aliphatic rings. The van der Waals surface area contributed by atoms with E-state index < -0.39 is 27.0 Å². The Kier molecular flexibility index (Phi) is 4.52. The highest BCUT2D eigenvalue weighted by Crippen LogP contribution is 2.39. The van der Waals surface area contributed by atoms with Crippen LogP contribution in [0.3, 0.4) is 0 Å². The molecule has 9 heteroatoms. The second-order valence-corrected chi connectivity index (χ2v) is 8.27. The number of alkyl halides is 3. The number of rotatable bonds is 3. The molecule has 24 heavy (non-hydrogen) atoms. The number of hydrogen-bond donors (Lipinski definition) is 1. The van der Waals surface area contributed by atoms with E-state index in [4.69, 9.17) is 0 Å². The predicted octanol–water partition coefficient (Wildman–Crippen LogP) is 2.35. The van der Waals surface area contributed by atoms with Crippen molar-refractivity contribution in [1.82, 2.24) is 9.62 Å². The van der Waals surface area contributed by atoms with Crippen LogP contribution in [0.1, 0.15) is 19.3 Å². The molecule has 3 rings (SSSR count). The molecular weight excluding hydrogens is 345 g/mol. The smallest absolute Gasteiger partial charge is 0.404 e. The summed E-state index contributed by atoms with van der Waals surface area (Å²) in [6, 6.07) is 4.90. The van der Waals surface area contributed by atoms with Crippen LogP contribution in [-0.2, 0) is 10.0 Å². The minimum absolute atomic E-state index is 0.120. The Morgan fingerprint density at radius 3 is 2.62 bits per heavy atom. The van der Waals surface area contributed by atoms with E-state index >= 15 is 0 Å². The normalized spacial score (nSPS) is 26.0. The van der Waals surface area contributed by atoms with Crippen LogP contribution in [-0.4, -0.2) is 45.3 Å². The number of sulfonamides is 1. The number of benzene rings is 1. The van der Waals surface area contributed by atoms with Gasteiger partial charge in [-0.1, -0.05) is 12.1 Å². The topological polar surface area (TPSA) is 58.6 Å². The molecule has 0 saturated carbocycles. The molecule has 1 aromatic rings. The van der Waals surface area contributed by atoms with Crippen LogP contribution in [0.15, 0.2) is 29.2 Å². The lowest BCUT2D eigenvalue weighted by Crippen LogP contribution is -2.47. The summed E-state index contributed by atoms with van der Waals surface area (Å²) >= 11 is 0. The quantitative estimate of drug-likeness (QED) is 0.895. The van der Waals surface area contributed by atoms with E-state index in [0.717, 1.165) is 38.1 Å². The second kappa shape index (κ2) is 6.20. The van der Waals surface area contributed by atoms with Crippen molar-refractivity contribution in [2.24, 2.45) is 5.41 Å². The highest BCUT2D eigenvalue weighted by atomic mass is 32.2. The average molecular weight is 364 g/mol. The van der Waals surface area contributed by atoms with Crippen molar-refractivity contribution in [3.63, 3.8) is 0 Å². The molecule has 1 N–H and O–H groups in total. The third kappa shape index (κ3) is 3.52. The zero-order valence-corrected chi connectivity index (χ0v) is 13.8. The Balaban J connectivity index is 1.90. The van der Waals surface area contributed by atoms with Gasteiger partial charge in [-0.05, 0) is 43.4 Å². The van der Waals surface area contributed by atoms with Crippen molar-refractivity contribution >= 4 is 10.0 Å². The van der Waals surface area contributed by atoms with Gasteiger partial charge in [-0.3, -0.25) is 0 Å². The summed E-state index contributed by atoms with van der Waals surface area (Å²) in [4.78, 5) is -0.440. The van der Waals surface area contributed by atoms with Gasteiger partial charge in [0, 0.05) is 19.6 Å².